The van der Waals surface area contributed by atoms with Crippen LogP contribution in [-0.2, 0) is 0 Å². The van der Waals surface area contributed by atoms with E-state index in [0.717, 1.165) is 6.08 Å². The Bertz CT molecular complexity index is 572. The first-order valence-electron chi connectivity index (χ1n) is 5.69. The predicted molar refractivity (Wildman–Crippen MR) is 67.2 cm³/mol. The second-order valence-corrected chi connectivity index (χ2v) is 4.60. The molecule has 4 nitrogen and oxygen atoms in total. The van der Waals surface area contributed by atoms with E-state index >= 15 is 0 Å². The number of hydrogen-bond donors (Lipinski definition) is 1. The predicted octanol–water partition coefficient (Wildman–Crippen LogP) is 3.13. The first-order valence-corrected chi connectivity index (χ1v) is 6.07. The number of carbonyl (C=O) groups is 1. The van der Waals surface area contributed by atoms with Gasteiger partial charge in [-0.2, -0.15) is 13.2 Å². The average molecular weight is 307 g/mol. The van der Waals surface area contributed by atoms with Crippen LogP contribution in [0, 0.1) is 0 Å². The van der Waals surface area contributed by atoms with Crippen molar-refractivity contribution in [2.24, 2.45) is 0 Å². The summed E-state index contributed by atoms with van der Waals surface area (Å²) < 4.78 is 37.5. The molecule has 1 N–H and O–H groups in total. The van der Waals surface area contributed by atoms with Crippen molar-refractivity contribution in [3.05, 3.63) is 34.5 Å². The van der Waals surface area contributed by atoms with E-state index < -0.39 is 17.7 Å². The summed E-state index contributed by atoms with van der Waals surface area (Å²) >= 11 is 5.94. The molecule has 0 unspecified atom stereocenters. The Morgan fingerprint density at radius 3 is 2.65 bits per heavy atom. The van der Waals surface area contributed by atoms with Crippen LogP contribution in [0.5, 0.6) is 0 Å². The molecule has 1 aliphatic rings. The molecule has 2 heterocycles. The number of carboxylic acid groups (broad SMARTS) is 1. The third kappa shape index (κ3) is 2.87. The maximum Gasteiger partial charge on any atom is 0.412 e. The van der Waals surface area contributed by atoms with Crippen LogP contribution in [0.2, 0.25) is 5.02 Å². The number of aromatic nitrogens is 1. The van der Waals surface area contributed by atoms with Gasteiger partial charge in [0, 0.05) is 24.9 Å². The first kappa shape index (κ1) is 14.6. The van der Waals surface area contributed by atoms with Gasteiger partial charge in [-0.1, -0.05) is 17.7 Å². The molecule has 0 atom stereocenters. The van der Waals surface area contributed by atoms with Crippen LogP contribution in [0.4, 0.5) is 19.0 Å². The quantitative estimate of drug-likeness (QED) is 0.853. The maximum absolute atomic E-state index is 12.5. The molecule has 1 aliphatic heterocycles. The van der Waals surface area contributed by atoms with Crippen molar-refractivity contribution in [2.45, 2.75) is 12.6 Å². The molecule has 20 heavy (non-hydrogen) atoms. The fraction of sp³-hybridized carbons (Fsp3) is 0.333. The van der Waals surface area contributed by atoms with E-state index in [-0.39, 0.29) is 35.9 Å². The Kier molecular flexibility index (Phi) is 3.89. The lowest BCUT2D eigenvalue weighted by Gasteiger charge is -2.28. The van der Waals surface area contributed by atoms with Gasteiger partial charge in [0.05, 0.1) is 10.6 Å². The highest BCUT2D eigenvalue weighted by molar-refractivity contribution is 6.35. The van der Waals surface area contributed by atoms with Crippen molar-refractivity contribution in [1.82, 2.24) is 4.98 Å². The summed E-state index contributed by atoms with van der Waals surface area (Å²) in [6.45, 7) is 0.0752. The molecule has 0 amide bonds. The molecular formula is C12H10ClF3N2O2. The Hall–Kier alpha value is -1.76. The number of halogens is 4. The largest absolute Gasteiger partial charge is 0.478 e. The second kappa shape index (κ2) is 5.32. The standard InChI is InChI=1S/C12H10ClF3N2O2/c13-9-8(11(19)20)1-4-17-10(9)18-5-2-7(3-6-18)12(14,15)16/h1-2,4H,3,5-6H2,(H,19,20). The van der Waals surface area contributed by atoms with Crippen LogP contribution in [0.15, 0.2) is 23.9 Å². The average Bonchev–Trinajstić information content (AvgIpc) is 2.38. The molecule has 2 rings (SSSR count). The number of carboxylic acids is 1. The fourth-order valence-corrected chi connectivity index (χ4v) is 2.25. The van der Waals surface area contributed by atoms with Crippen LogP contribution >= 0.6 is 11.6 Å². The zero-order chi connectivity index (χ0) is 14.9. The highest BCUT2D eigenvalue weighted by Crippen LogP contribution is 2.33. The van der Waals surface area contributed by atoms with E-state index in [0.29, 0.717) is 0 Å². The van der Waals surface area contributed by atoms with Gasteiger partial charge in [-0.05, 0) is 12.5 Å². The SMILES string of the molecule is O=C(O)c1ccnc(N2CC=C(C(F)(F)F)CC2)c1Cl. The Balaban J connectivity index is 2.26. The van der Waals surface area contributed by atoms with Gasteiger partial charge >= 0.3 is 12.1 Å². The summed E-state index contributed by atoms with van der Waals surface area (Å²) in [7, 11) is 0. The zero-order valence-corrected chi connectivity index (χ0v) is 10.9. The minimum Gasteiger partial charge on any atom is -0.478 e. The summed E-state index contributed by atoms with van der Waals surface area (Å²) in [5.41, 5.74) is -0.707. The van der Waals surface area contributed by atoms with Crippen LogP contribution in [-0.4, -0.2) is 35.3 Å². The van der Waals surface area contributed by atoms with Crippen LogP contribution in [0.1, 0.15) is 16.8 Å². The number of hydrogen-bond acceptors (Lipinski definition) is 3. The lowest BCUT2D eigenvalue weighted by molar-refractivity contribution is -0.0944. The highest BCUT2D eigenvalue weighted by Gasteiger charge is 2.35. The first-order chi connectivity index (χ1) is 9.30. The van der Waals surface area contributed by atoms with E-state index in [9.17, 15) is 18.0 Å². The molecule has 0 bridgehead atoms. The number of alkyl halides is 3. The molecule has 0 aliphatic carbocycles. The fourth-order valence-electron chi connectivity index (χ4n) is 1.94. The smallest absolute Gasteiger partial charge is 0.412 e. The summed E-state index contributed by atoms with van der Waals surface area (Å²) in [6.07, 6.45) is -2.17. The molecule has 1 aromatic rings. The van der Waals surface area contributed by atoms with Crippen molar-refractivity contribution >= 4 is 23.4 Å². The van der Waals surface area contributed by atoms with Gasteiger partial charge in [0.1, 0.15) is 5.82 Å². The van der Waals surface area contributed by atoms with Crippen molar-refractivity contribution in [2.75, 3.05) is 18.0 Å². The van der Waals surface area contributed by atoms with Gasteiger partial charge in [0.15, 0.2) is 0 Å². The zero-order valence-electron chi connectivity index (χ0n) is 10.1. The molecule has 0 saturated carbocycles. The molecule has 0 saturated heterocycles. The van der Waals surface area contributed by atoms with Crippen molar-refractivity contribution in [1.29, 1.82) is 0 Å². The molecule has 0 radical (unpaired) electrons. The molecule has 0 spiro atoms. The summed E-state index contributed by atoms with van der Waals surface area (Å²) in [5.74, 6) is -1.02. The molecule has 8 heteroatoms. The number of anilines is 1. The Morgan fingerprint density at radius 1 is 1.45 bits per heavy atom. The van der Waals surface area contributed by atoms with Crippen LogP contribution in [0.3, 0.4) is 0 Å². The van der Waals surface area contributed by atoms with Crippen molar-refractivity contribution in [3.8, 4) is 0 Å². The van der Waals surface area contributed by atoms with Crippen LogP contribution in [0.25, 0.3) is 0 Å². The monoisotopic (exact) mass is 306 g/mol. The van der Waals surface area contributed by atoms with Gasteiger partial charge < -0.3 is 10.0 Å². The molecule has 108 valence electrons. The minimum absolute atomic E-state index is 0.00929. The second-order valence-electron chi connectivity index (χ2n) is 4.22. The van der Waals surface area contributed by atoms with Crippen molar-refractivity contribution in [3.63, 3.8) is 0 Å². The van der Waals surface area contributed by atoms with Crippen molar-refractivity contribution < 1.29 is 23.1 Å². The normalized spacial score (nSPS) is 16.0. The number of pyridine rings is 1. The number of rotatable bonds is 2. The highest BCUT2D eigenvalue weighted by atomic mass is 35.5. The lowest BCUT2D eigenvalue weighted by Crippen LogP contribution is -2.32. The minimum atomic E-state index is -4.33. The van der Waals surface area contributed by atoms with Gasteiger partial charge in [-0.15, -0.1) is 0 Å². The van der Waals surface area contributed by atoms with Gasteiger partial charge in [-0.3, -0.25) is 0 Å². The van der Waals surface area contributed by atoms with Gasteiger partial charge in [-0.25, -0.2) is 9.78 Å². The van der Waals surface area contributed by atoms with Gasteiger partial charge in [0.2, 0.25) is 0 Å². The van der Waals surface area contributed by atoms with E-state index in [1.165, 1.54) is 17.2 Å². The summed E-state index contributed by atoms with van der Waals surface area (Å²) in [6, 6.07) is 1.25. The van der Waals surface area contributed by atoms with E-state index in [4.69, 9.17) is 16.7 Å². The lowest BCUT2D eigenvalue weighted by atomic mass is 10.1. The maximum atomic E-state index is 12.5. The third-order valence-electron chi connectivity index (χ3n) is 2.97. The van der Waals surface area contributed by atoms with E-state index in [1.54, 1.807) is 0 Å². The molecule has 1 aromatic heterocycles. The third-order valence-corrected chi connectivity index (χ3v) is 3.35. The summed E-state index contributed by atoms with van der Waals surface area (Å²) in [4.78, 5) is 16.4. The van der Waals surface area contributed by atoms with E-state index in [2.05, 4.69) is 4.98 Å². The number of aromatic carboxylic acids is 1. The Labute approximate surface area is 117 Å². The number of nitrogens with zero attached hydrogens (tertiary/aromatic N) is 2. The molecular weight excluding hydrogens is 297 g/mol. The molecule has 0 aromatic carbocycles. The topological polar surface area (TPSA) is 53.4 Å². The van der Waals surface area contributed by atoms with Gasteiger partial charge in [0.25, 0.3) is 0 Å². The Morgan fingerprint density at radius 2 is 2.15 bits per heavy atom. The molecule has 0 fully saturated rings. The van der Waals surface area contributed by atoms with E-state index in [1.807, 2.05) is 0 Å². The summed E-state index contributed by atoms with van der Waals surface area (Å²) in [5, 5.41) is 8.88. The van der Waals surface area contributed by atoms with Crippen LogP contribution < -0.4 is 4.90 Å².